The van der Waals surface area contributed by atoms with E-state index in [9.17, 15) is 0 Å². The summed E-state index contributed by atoms with van der Waals surface area (Å²) in [4.78, 5) is 0. The number of hydrogen-bond donors (Lipinski definition) is 1. The lowest BCUT2D eigenvalue weighted by Gasteiger charge is -2.27. The lowest BCUT2D eigenvalue weighted by Crippen LogP contribution is -2.42. The van der Waals surface area contributed by atoms with Crippen molar-refractivity contribution in [3.8, 4) is 0 Å². The molecule has 15 heavy (non-hydrogen) atoms. The molecular weight excluding hydrogens is 190 g/mol. The smallest absolute Gasteiger partial charge is 0.0750 e. The molecule has 1 aliphatic rings. The van der Waals surface area contributed by atoms with Gasteiger partial charge in [0.25, 0.3) is 0 Å². The van der Waals surface area contributed by atoms with Gasteiger partial charge in [-0.1, -0.05) is 0 Å². The van der Waals surface area contributed by atoms with Crippen LogP contribution in [-0.4, -0.2) is 38.0 Å². The first-order valence-corrected chi connectivity index (χ1v) is 6.09. The highest BCUT2D eigenvalue weighted by Gasteiger charge is 2.20. The van der Waals surface area contributed by atoms with E-state index in [2.05, 4.69) is 19.2 Å². The van der Waals surface area contributed by atoms with Gasteiger partial charge in [-0.2, -0.15) is 0 Å². The molecule has 0 radical (unpaired) electrons. The normalized spacial score (nSPS) is 23.8. The summed E-state index contributed by atoms with van der Waals surface area (Å²) < 4.78 is 11.1. The van der Waals surface area contributed by atoms with Crippen LogP contribution in [0.15, 0.2) is 0 Å². The lowest BCUT2D eigenvalue weighted by atomic mass is 10.1. The van der Waals surface area contributed by atoms with Gasteiger partial charge in [-0.25, -0.2) is 0 Å². The predicted molar refractivity (Wildman–Crippen MR) is 62.2 cm³/mol. The van der Waals surface area contributed by atoms with Gasteiger partial charge in [-0.05, 0) is 40.0 Å². The second-order valence-corrected chi connectivity index (χ2v) is 4.81. The molecule has 1 unspecified atom stereocenters. The van der Waals surface area contributed by atoms with Gasteiger partial charge in [0.05, 0.1) is 5.60 Å². The van der Waals surface area contributed by atoms with Crippen LogP contribution < -0.4 is 5.32 Å². The number of nitrogens with one attached hydrogen (secondary N) is 1. The number of hydrogen-bond acceptors (Lipinski definition) is 3. The van der Waals surface area contributed by atoms with Crippen LogP contribution in [0.25, 0.3) is 0 Å². The van der Waals surface area contributed by atoms with E-state index in [1.54, 1.807) is 0 Å². The summed E-state index contributed by atoms with van der Waals surface area (Å²) in [6.07, 6.45) is 3.52. The van der Waals surface area contributed by atoms with E-state index in [1.807, 2.05) is 6.92 Å². The molecule has 0 saturated carbocycles. The fourth-order valence-corrected chi connectivity index (χ4v) is 1.94. The standard InChI is InChI=1S/C12H25NO2/c1-4-15-12(2,3)10-13-11-6-5-8-14-9-7-11/h11,13H,4-10H2,1-3H3. The van der Waals surface area contributed by atoms with Gasteiger partial charge in [0.2, 0.25) is 0 Å². The molecule has 1 heterocycles. The molecule has 1 saturated heterocycles. The average Bonchev–Trinajstić information content (AvgIpc) is 2.43. The Labute approximate surface area is 93.5 Å². The van der Waals surface area contributed by atoms with Crippen LogP contribution in [0.4, 0.5) is 0 Å². The van der Waals surface area contributed by atoms with E-state index in [-0.39, 0.29) is 5.60 Å². The third kappa shape index (κ3) is 5.50. The quantitative estimate of drug-likeness (QED) is 0.760. The van der Waals surface area contributed by atoms with Crippen LogP contribution in [0.5, 0.6) is 0 Å². The Morgan fingerprint density at radius 2 is 2.13 bits per heavy atom. The van der Waals surface area contributed by atoms with E-state index in [0.717, 1.165) is 32.8 Å². The zero-order valence-corrected chi connectivity index (χ0v) is 10.3. The van der Waals surface area contributed by atoms with Crippen molar-refractivity contribution < 1.29 is 9.47 Å². The van der Waals surface area contributed by atoms with Gasteiger partial charge < -0.3 is 14.8 Å². The molecule has 0 amide bonds. The van der Waals surface area contributed by atoms with Crippen LogP contribution in [0.1, 0.15) is 40.0 Å². The van der Waals surface area contributed by atoms with E-state index in [1.165, 1.54) is 12.8 Å². The second kappa shape index (κ2) is 6.46. The summed E-state index contributed by atoms with van der Waals surface area (Å²) in [5.41, 5.74) is -0.0537. The molecule has 1 rings (SSSR count). The fraction of sp³-hybridized carbons (Fsp3) is 1.00. The van der Waals surface area contributed by atoms with Crippen molar-refractivity contribution in [2.45, 2.75) is 51.7 Å². The molecule has 3 heteroatoms. The molecule has 0 aromatic rings. The Morgan fingerprint density at radius 1 is 1.33 bits per heavy atom. The molecule has 1 atom stereocenters. The van der Waals surface area contributed by atoms with Crippen molar-refractivity contribution in [2.75, 3.05) is 26.4 Å². The SMILES string of the molecule is CCOC(C)(C)CNC1CCCOCC1. The van der Waals surface area contributed by atoms with E-state index in [4.69, 9.17) is 9.47 Å². The minimum atomic E-state index is -0.0537. The first kappa shape index (κ1) is 12.9. The maximum absolute atomic E-state index is 5.66. The molecular formula is C12H25NO2. The molecule has 0 aromatic heterocycles. The third-order valence-corrected chi connectivity index (χ3v) is 2.80. The predicted octanol–water partition coefficient (Wildman–Crippen LogP) is 1.96. The van der Waals surface area contributed by atoms with E-state index < -0.39 is 0 Å². The number of ether oxygens (including phenoxy) is 2. The summed E-state index contributed by atoms with van der Waals surface area (Å²) >= 11 is 0. The highest BCUT2D eigenvalue weighted by molar-refractivity contribution is 4.77. The highest BCUT2D eigenvalue weighted by atomic mass is 16.5. The Morgan fingerprint density at radius 3 is 2.87 bits per heavy atom. The zero-order valence-electron chi connectivity index (χ0n) is 10.3. The van der Waals surface area contributed by atoms with Crippen LogP contribution in [0.3, 0.4) is 0 Å². The molecule has 0 bridgehead atoms. The minimum Gasteiger partial charge on any atom is -0.381 e. The van der Waals surface area contributed by atoms with Crippen molar-refractivity contribution in [3.05, 3.63) is 0 Å². The summed E-state index contributed by atoms with van der Waals surface area (Å²) in [6.45, 7) is 9.84. The van der Waals surface area contributed by atoms with Crippen LogP contribution in [0.2, 0.25) is 0 Å². The Kier molecular flexibility index (Phi) is 5.58. The van der Waals surface area contributed by atoms with Crippen molar-refractivity contribution in [1.82, 2.24) is 5.32 Å². The molecule has 3 nitrogen and oxygen atoms in total. The summed E-state index contributed by atoms with van der Waals surface area (Å²) in [5, 5.41) is 3.58. The third-order valence-electron chi connectivity index (χ3n) is 2.80. The van der Waals surface area contributed by atoms with Gasteiger partial charge in [-0.3, -0.25) is 0 Å². The minimum absolute atomic E-state index is 0.0537. The first-order chi connectivity index (χ1) is 7.14. The average molecular weight is 215 g/mol. The molecule has 0 spiro atoms. The zero-order chi connectivity index (χ0) is 11.1. The fourth-order valence-electron chi connectivity index (χ4n) is 1.94. The van der Waals surface area contributed by atoms with Crippen molar-refractivity contribution in [3.63, 3.8) is 0 Å². The topological polar surface area (TPSA) is 30.5 Å². The Balaban J connectivity index is 2.22. The molecule has 1 aliphatic heterocycles. The Hall–Kier alpha value is -0.120. The molecule has 0 aliphatic carbocycles. The molecule has 1 N–H and O–H groups in total. The summed E-state index contributed by atoms with van der Waals surface area (Å²) in [7, 11) is 0. The van der Waals surface area contributed by atoms with Crippen molar-refractivity contribution >= 4 is 0 Å². The lowest BCUT2D eigenvalue weighted by molar-refractivity contribution is -0.0110. The molecule has 0 aromatic carbocycles. The second-order valence-electron chi connectivity index (χ2n) is 4.81. The van der Waals surface area contributed by atoms with Gasteiger partial charge in [0.15, 0.2) is 0 Å². The largest absolute Gasteiger partial charge is 0.381 e. The van der Waals surface area contributed by atoms with Gasteiger partial charge in [-0.15, -0.1) is 0 Å². The molecule has 1 fully saturated rings. The Bertz CT molecular complexity index is 163. The van der Waals surface area contributed by atoms with E-state index >= 15 is 0 Å². The van der Waals surface area contributed by atoms with E-state index in [0.29, 0.717) is 6.04 Å². The summed E-state index contributed by atoms with van der Waals surface area (Å²) in [5.74, 6) is 0. The van der Waals surface area contributed by atoms with Gasteiger partial charge >= 0.3 is 0 Å². The number of rotatable bonds is 5. The van der Waals surface area contributed by atoms with Gasteiger partial charge in [0, 0.05) is 32.4 Å². The maximum atomic E-state index is 5.66. The first-order valence-electron chi connectivity index (χ1n) is 6.09. The van der Waals surface area contributed by atoms with Crippen LogP contribution in [-0.2, 0) is 9.47 Å². The van der Waals surface area contributed by atoms with Crippen LogP contribution >= 0.6 is 0 Å². The molecule has 90 valence electrons. The summed E-state index contributed by atoms with van der Waals surface area (Å²) in [6, 6.07) is 0.604. The van der Waals surface area contributed by atoms with Crippen molar-refractivity contribution in [1.29, 1.82) is 0 Å². The van der Waals surface area contributed by atoms with Gasteiger partial charge in [0.1, 0.15) is 0 Å². The van der Waals surface area contributed by atoms with Crippen LogP contribution in [0, 0.1) is 0 Å². The van der Waals surface area contributed by atoms with Crippen molar-refractivity contribution in [2.24, 2.45) is 0 Å². The maximum Gasteiger partial charge on any atom is 0.0750 e. The highest BCUT2D eigenvalue weighted by Crippen LogP contribution is 2.11. The monoisotopic (exact) mass is 215 g/mol.